The van der Waals surface area contributed by atoms with Crippen molar-refractivity contribution in [2.75, 3.05) is 6.54 Å². The molecular weight excluding hydrogens is 248 g/mol. The van der Waals surface area contributed by atoms with Crippen LogP contribution in [0.2, 0.25) is 0 Å². The van der Waals surface area contributed by atoms with Crippen molar-refractivity contribution in [2.45, 2.75) is 58.7 Å². The highest BCUT2D eigenvalue weighted by Gasteiger charge is 2.31. The molecule has 0 aromatic carbocycles. The van der Waals surface area contributed by atoms with Crippen LogP contribution in [0.3, 0.4) is 0 Å². The third kappa shape index (κ3) is 2.22. The van der Waals surface area contributed by atoms with Crippen LogP contribution >= 0.6 is 0 Å². The third-order valence-corrected chi connectivity index (χ3v) is 4.24. The summed E-state index contributed by atoms with van der Waals surface area (Å²) in [4.78, 5) is 12.0. The summed E-state index contributed by atoms with van der Waals surface area (Å²) in [5.74, 6) is 1.21. The van der Waals surface area contributed by atoms with E-state index in [1.165, 1.54) is 25.2 Å². The standard InChI is InChI=1S/C16H24N4/c1-4-10-20-15-13(7-5-9-17-15)18-16(20)14-8-6-11-19(14)12(2)3/h5,7,9,12,14H,4,6,8,10-11H2,1-3H3. The summed E-state index contributed by atoms with van der Waals surface area (Å²) < 4.78 is 2.33. The quantitative estimate of drug-likeness (QED) is 0.855. The molecule has 0 spiro atoms. The number of hydrogen-bond acceptors (Lipinski definition) is 3. The van der Waals surface area contributed by atoms with Crippen molar-refractivity contribution in [3.8, 4) is 0 Å². The zero-order chi connectivity index (χ0) is 14.1. The predicted octanol–water partition coefficient (Wildman–Crippen LogP) is 3.39. The predicted molar refractivity (Wildman–Crippen MR) is 81.6 cm³/mol. The zero-order valence-electron chi connectivity index (χ0n) is 12.7. The zero-order valence-corrected chi connectivity index (χ0v) is 12.7. The first kappa shape index (κ1) is 13.6. The minimum absolute atomic E-state index is 0.454. The topological polar surface area (TPSA) is 34.0 Å². The highest BCUT2D eigenvalue weighted by Crippen LogP contribution is 2.34. The Bertz CT molecular complexity index is 587. The van der Waals surface area contributed by atoms with Crippen molar-refractivity contribution in [3.05, 3.63) is 24.2 Å². The highest BCUT2D eigenvalue weighted by atomic mass is 15.3. The molecule has 108 valence electrons. The molecule has 4 nitrogen and oxygen atoms in total. The van der Waals surface area contributed by atoms with Gasteiger partial charge in [-0.15, -0.1) is 0 Å². The number of rotatable bonds is 4. The summed E-state index contributed by atoms with van der Waals surface area (Å²) in [5, 5.41) is 0. The van der Waals surface area contributed by atoms with Crippen LogP contribution in [0.1, 0.15) is 51.9 Å². The number of aromatic nitrogens is 3. The van der Waals surface area contributed by atoms with Gasteiger partial charge in [0.15, 0.2) is 5.65 Å². The SMILES string of the molecule is CCCn1c(C2CCCN2C(C)C)nc2cccnc21. The van der Waals surface area contributed by atoms with Crippen LogP contribution in [0.5, 0.6) is 0 Å². The lowest BCUT2D eigenvalue weighted by Crippen LogP contribution is -2.31. The maximum atomic E-state index is 4.90. The molecule has 3 heterocycles. The number of pyridine rings is 1. The second kappa shape index (κ2) is 5.52. The summed E-state index contributed by atoms with van der Waals surface area (Å²) in [7, 11) is 0. The molecule has 1 unspecified atom stereocenters. The van der Waals surface area contributed by atoms with Crippen LogP contribution in [-0.4, -0.2) is 32.0 Å². The van der Waals surface area contributed by atoms with Crippen LogP contribution in [0.25, 0.3) is 11.2 Å². The van der Waals surface area contributed by atoms with E-state index < -0.39 is 0 Å². The van der Waals surface area contributed by atoms with E-state index in [0.29, 0.717) is 12.1 Å². The van der Waals surface area contributed by atoms with E-state index in [9.17, 15) is 0 Å². The molecule has 1 aliphatic heterocycles. The number of imidazole rings is 1. The Morgan fingerprint density at radius 1 is 1.40 bits per heavy atom. The van der Waals surface area contributed by atoms with Crippen LogP contribution in [-0.2, 0) is 6.54 Å². The molecule has 20 heavy (non-hydrogen) atoms. The second-order valence-electron chi connectivity index (χ2n) is 5.96. The first-order valence-corrected chi connectivity index (χ1v) is 7.79. The molecule has 1 fully saturated rings. The molecule has 0 bridgehead atoms. The molecule has 0 N–H and O–H groups in total. The van der Waals surface area contributed by atoms with E-state index in [4.69, 9.17) is 4.98 Å². The Labute approximate surface area is 120 Å². The maximum absolute atomic E-state index is 4.90. The fourth-order valence-corrected chi connectivity index (χ4v) is 3.36. The molecule has 4 heteroatoms. The monoisotopic (exact) mass is 272 g/mol. The minimum atomic E-state index is 0.454. The van der Waals surface area contributed by atoms with Crippen LogP contribution in [0, 0.1) is 0 Å². The van der Waals surface area contributed by atoms with E-state index in [2.05, 4.69) is 41.3 Å². The smallest absolute Gasteiger partial charge is 0.160 e. The average molecular weight is 272 g/mol. The number of likely N-dealkylation sites (tertiary alicyclic amines) is 1. The number of hydrogen-bond donors (Lipinski definition) is 0. The van der Waals surface area contributed by atoms with E-state index in [1.54, 1.807) is 0 Å². The molecule has 3 rings (SSSR count). The first-order valence-electron chi connectivity index (χ1n) is 7.79. The van der Waals surface area contributed by atoms with Crippen LogP contribution < -0.4 is 0 Å². The highest BCUT2D eigenvalue weighted by molar-refractivity contribution is 5.71. The molecule has 0 aliphatic carbocycles. The van der Waals surface area contributed by atoms with Gasteiger partial charge in [-0.1, -0.05) is 6.92 Å². The van der Waals surface area contributed by atoms with Gasteiger partial charge in [-0.2, -0.15) is 0 Å². The second-order valence-corrected chi connectivity index (χ2v) is 5.96. The van der Waals surface area contributed by atoms with Crippen molar-refractivity contribution in [2.24, 2.45) is 0 Å². The van der Waals surface area contributed by atoms with Crippen molar-refractivity contribution >= 4 is 11.2 Å². The van der Waals surface area contributed by atoms with Gasteiger partial charge in [0.05, 0.1) is 6.04 Å². The Hall–Kier alpha value is -1.42. The normalized spacial score (nSPS) is 20.3. The molecule has 1 aliphatic rings. The van der Waals surface area contributed by atoms with Crippen LogP contribution in [0.4, 0.5) is 0 Å². The first-order chi connectivity index (χ1) is 9.72. The van der Waals surface area contributed by atoms with Crippen molar-refractivity contribution < 1.29 is 0 Å². The van der Waals surface area contributed by atoms with Gasteiger partial charge >= 0.3 is 0 Å². The van der Waals surface area contributed by atoms with E-state index in [1.807, 2.05) is 12.3 Å². The van der Waals surface area contributed by atoms with Crippen molar-refractivity contribution in [1.29, 1.82) is 0 Å². The van der Waals surface area contributed by atoms with Gasteiger partial charge in [-0.3, -0.25) is 4.90 Å². The minimum Gasteiger partial charge on any atom is -0.311 e. The lowest BCUT2D eigenvalue weighted by atomic mass is 10.2. The summed E-state index contributed by atoms with van der Waals surface area (Å²) >= 11 is 0. The molecule has 1 saturated heterocycles. The van der Waals surface area contributed by atoms with Gasteiger partial charge in [-0.25, -0.2) is 9.97 Å². The van der Waals surface area contributed by atoms with Gasteiger partial charge in [0.25, 0.3) is 0 Å². The largest absolute Gasteiger partial charge is 0.311 e. The van der Waals surface area contributed by atoms with Crippen molar-refractivity contribution in [3.63, 3.8) is 0 Å². The average Bonchev–Trinajstić information content (AvgIpc) is 3.04. The summed E-state index contributed by atoms with van der Waals surface area (Å²) in [5.41, 5.74) is 2.08. The number of nitrogens with zero attached hydrogens (tertiary/aromatic N) is 4. The van der Waals surface area contributed by atoms with E-state index in [0.717, 1.165) is 24.1 Å². The molecule has 0 saturated carbocycles. The maximum Gasteiger partial charge on any atom is 0.160 e. The Kier molecular flexibility index (Phi) is 3.74. The summed E-state index contributed by atoms with van der Waals surface area (Å²) in [6.45, 7) is 8.97. The Balaban J connectivity index is 2.08. The number of fused-ring (bicyclic) bond motifs is 1. The molecular formula is C16H24N4. The van der Waals surface area contributed by atoms with Gasteiger partial charge < -0.3 is 4.57 Å². The van der Waals surface area contributed by atoms with Gasteiger partial charge in [0, 0.05) is 18.8 Å². The fourth-order valence-electron chi connectivity index (χ4n) is 3.36. The summed E-state index contributed by atoms with van der Waals surface area (Å²) in [6.07, 6.45) is 5.47. The van der Waals surface area contributed by atoms with E-state index in [-0.39, 0.29) is 0 Å². The van der Waals surface area contributed by atoms with E-state index >= 15 is 0 Å². The molecule has 0 amide bonds. The van der Waals surface area contributed by atoms with Crippen molar-refractivity contribution in [1.82, 2.24) is 19.4 Å². The molecule has 2 aromatic heterocycles. The van der Waals surface area contributed by atoms with Gasteiger partial charge in [0.2, 0.25) is 0 Å². The molecule has 0 radical (unpaired) electrons. The Morgan fingerprint density at radius 2 is 2.25 bits per heavy atom. The van der Waals surface area contributed by atoms with Gasteiger partial charge in [-0.05, 0) is 51.8 Å². The third-order valence-electron chi connectivity index (χ3n) is 4.24. The molecule has 2 aromatic rings. The molecule has 1 atom stereocenters. The van der Waals surface area contributed by atoms with Gasteiger partial charge in [0.1, 0.15) is 11.3 Å². The van der Waals surface area contributed by atoms with Crippen LogP contribution in [0.15, 0.2) is 18.3 Å². The summed E-state index contributed by atoms with van der Waals surface area (Å²) in [6, 6.07) is 5.08. The fraction of sp³-hybridized carbons (Fsp3) is 0.625. The Morgan fingerprint density at radius 3 is 3.00 bits per heavy atom. The lowest BCUT2D eigenvalue weighted by Gasteiger charge is -2.28. The number of aryl methyl sites for hydroxylation is 1. The lowest BCUT2D eigenvalue weighted by molar-refractivity contribution is 0.195.